The molecule has 0 aromatic heterocycles. The van der Waals surface area contributed by atoms with E-state index < -0.39 is 12.0 Å². The van der Waals surface area contributed by atoms with Crippen LogP contribution in [0.5, 0.6) is 0 Å². The second-order valence-electron chi connectivity index (χ2n) is 4.43. The molecule has 110 valence electrons. The van der Waals surface area contributed by atoms with Crippen LogP contribution < -0.4 is 5.32 Å². The number of benzene rings is 1. The molecule has 5 nitrogen and oxygen atoms in total. The first-order chi connectivity index (χ1) is 9.52. The average molecular weight is 282 g/mol. The third kappa shape index (κ3) is 5.69. The molecule has 0 heterocycles. The molecule has 0 fully saturated rings. The van der Waals surface area contributed by atoms with E-state index in [1.165, 1.54) is 17.0 Å². The topological polar surface area (TPSA) is 69.6 Å². The molecule has 1 rings (SSSR count). The molecule has 6 heteroatoms. The number of halogens is 1. The molecule has 2 amide bonds. The summed E-state index contributed by atoms with van der Waals surface area (Å²) < 4.78 is 13.0. The fourth-order valence-corrected chi connectivity index (χ4v) is 1.80. The van der Waals surface area contributed by atoms with Crippen molar-refractivity contribution in [1.29, 1.82) is 0 Å². The Kier molecular flexibility index (Phi) is 6.49. The van der Waals surface area contributed by atoms with Crippen molar-refractivity contribution in [2.24, 2.45) is 0 Å². The van der Waals surface area contributed by atoms with Gasteiger partial charge in [0.25, 0.3) is 0 Å². The molecule has 1 aromatic rings. The lowest BCUT2D eigenvalue weighted by atomic mass is 10.1. The number of nitrogens with one attached hydrogen (secondary N) is 1. The van der Waals surface area contributed by atoms with Crippen LogP contribution in [0, 0.1) is 5.82 Å². The Morgan fingerprint density at radius 3 is 2.75 bits per heavy atom. The summed E-state index contributed by atoms with van der Waals surface area (Å²) in [7, 11) is 0. The zero-order valence-electron chi connectivity index (χ0n) is 11.4. The van der Waals surface area contributed by atoms with Gasteiger partial charge in [-0.3, -0.25) is 4.79 Å². The summed E-state index contributed by atoms with van der Waals surface area (Å²) in [4.78, 5) is 23.7. The normalized spacial score (nSPS) is 10.1. The van der Waals surface area contributed by atoms with Gasteiger partial charge in [-0.25, -0.2) is 9.18 Å². The van der Waals surface area contributed by atoms with E-state index >= 15 is 0 Å². The molecule has 0 aliphatic rings. The zero-order chi connectivity index (χ0) is 15.0. The van der Waals surface area contributed by atoms with Gasteiger partial charge in [-0.1, -0.05) is 19.1 Å². The lowest BCUT2D eigenvalue weighted by molar-refractivity contribution is -0.137. The van der Waals surface area contributed by atoms with E-state index in [1.807, 2.05) is 6.92 Å². The molecule has 1 aromatic carbocycles. The molecule has 0 aliphatic heterocycles. The average Bonchev–Trinajstić information content (AvgIpc) is 2.37. The number of hydrogen-bond donors (Lipinski definition) is 2. The van der Waals surface area contributed by atoms with Crippen molar-refractivity contribution in [3.63, 3.8) is 0 Å². The van der Waals surface area contributed by atoms with Gasteiger partial charge in [0.15, 0.2) is 0 Å². The van der Waals surface area contributed by atoms with Gasteiger partial charge in [0.1, 0.15) is 12.4 Å². The summed E-state index contributed by atoms with van der Waals surface area (Å²) in [6.07, 6.45) is 1.18. The van der Waals surface area contributed by atoms with Crippen LogP contribution in [0.15, 0.2) is 24.3 Å². The van der Waals surface area contributed by atoms with Gasteiger partial charge in [0.05, 0.1) is 0 Å². The van der Waals surface area contributed by atoms with E-state index in [4.69, 9.17) is 5.11 Å². The van der Waals surface area contributed by atoms with Gasteiger partial charge in [0.2, 0.25) is 0 Å². The van der Waals surface area contributed by atoms with Crippen LogP contribution in [-0.2, 0) is 11.2 Å². The summed E-state index contributed by atoms with van der Waals surface area (Å²) in [5.74, 6) is -1.36. The minimum absolute atomic E-state index is 0.313. The number of carboxylic acids is 1. The molecule has 0 spiro atoms. The highest BCUT2D eigenvalue weighted by molar-refractivity contribution is 5.80. The predicted molar refractivity (Wildman–Crippen MR) is 73.0 cm³/mol. The Balaban J connectivity index is 2.42. The Hall–Kier alpha value is -2.11. The van der Waals surface area contributed by atoms with Crippen molar-refractivity contribution in [3.05, 3.63) is 35.6 Å². The quantitative estimate of drug-likeness (QED) is 0.802. The van der Waals surface area contributed by atoms with Crippen molar-refractivity contribution in [2.75, 3.05) is 19.6 Å². The van der Waals surface area contributed by atoms with Gasteiger partial charge in [-0.05, 0) is 30.5 Å². The van der Waals surface area contributed by atoms with Gasteiger partial charge in [-0.2, -0.15) is 0 Å². The summed E-state index contributed by atoms with van der Waals surface area (Å²) >= 11 is 0. The summed E-state index contributed by atoms with van der Waals surface area (Å²) in [5.41, 5.74) is 0.783. The van der Waals surface area contributed by atoms with Gasteiger partial charge in [-0.15, -0.1) is 0 Å². The highest BCUT2D eigenvalue weighted by Crippen LogP contribution is 2.03. The molecule has 0 aliphatic carbocycles. The Labute approximate surface area is 117 Å². The van der Waals surface area contributed by atoms with Crippen LogP contribution in [0.4, 0.5) is 9.18 Å². The molecule has 0 atom stereocenters. The summed E-state index contributed by atoms with van der Waals surface area (Å²) in [5, 5.41) is 11.4. The van der Waals surface area contributed by atoms with E-state index in [2.05, 4.69) is 5.32 Å². The standard InChI is InChI=1S/C14H19FN2O3/c1-2-8-17(10-13(18)19)14(20)16-7-6-11-4-3-5-12(15)9-11/h3-5,9H,2,6-8,10H2,1H3,(H,16,20)(H,18,19). The smallest absolute Gasteiger partial charge is 0.323 e. The van der Waals surface area contributed by atoms with E-state index in [9.17, 15) is 14.0 Å². The number of amides is 2. The third-order valence-corrected chi connectivity index (χ3v) is 2.69. The minimum Gasteiger partial charge on any atom is -0.480 e. The number of nitrogens with zero attached hydrogens (tertiary/aromatic N) is 1. The maximum Gasteiger partial charge on any atom is 0.323 e. The summed E-state index contributed by atoms with van der Waals surface area (Å²) in [6.45, 7) is 2.27. The first-order valence-corrected chi connectivity index (χ1v) is 6.52. The first kappa shape index (κ1) is 15.9. The molecule has 2 N–H and O–H groups in total. The SMILES string of the molecule is CCCN(CC(=O)O)C(=O)NCCc1cccc(F)c1. The van der Waals surface area contributed by atoms with Crippen LogP contribution in [0.1, 0.15) is 18.9 Å². The van der Waals surface area contributed by atoms with Gasteiger partial charge < -0.3 is 15.3 Å². The van der Waals surface area contributed by atoms with E-state index in [-0.39, 0.29) is 12.4 Å². The molecular formula is C14H19FN2O3. The number of rotatable bonds is 7. The second-order valence-corrected chi connectivity index (χ2v) is 4.43. The van der Waals surface area contributed by atoms with Crippen LogP contribution in [-0.4, -0.2) is 41.6 Å². The zero-order valence-corrected chi connectivity index (χ0v) is 11.4. The van der Waals surface area contributed by atoms with Crippen molar-refractivity contribution in [1.82, 2.24) is 10.2 Å². The first-order valence-electron chi connectivity index (χ1n) is 6.52. The largest absolute Gasteiger partial charge is 0.480 e. The fraction of sp³-hybridized carbons (Fsp3) is 0.429. The number of carbonyl (C=O) groups is 2. The minimum atomic E-state index is -1.04. The number of hydrogen-bond acceptors (Lipinski definition) is 2. The number of urea groups is 1. The van der Waals surface area contributed by atoms with Crippen LogP contribution in [0.2, 0.25) is 0 Å². The number of aliphatic carboxylic acids is 1. The number of carbonyl (C=O) groups excluding carboxylic acids is 1. The molecule has 0 bridgehead atoms. The molecule has 0 radical (unpaired) electrons. The summed E-state index contributed by atoms with van der Waals surface area (Å²) in [6, 6.07) is 5.74. The van der Waals surface area contributed by atoms with Crippen molar-refractivity contribution in [3.8, 4) is 0 Å². The molecule has 0 saturated heterocycles. The lowest BCUT2D eigenvalue weighted by Crippen LogP contribution is -2.43. The molecule has 0 unspecified atom stereocenters. The lowest BCUT2D eigenvalue weighted by Gasteiger charge is -2.20. The molecule has 20 heavy (non-hydrogen) atoms. The van der Waals surface area contributed by atoms with Crippen molar-refractivity contribution < 1.29 is 19.1 Å². The van der Waals surface area contributed by atoms with E-state index in [0.29, 0.717) is 25.9 Å². The molecular weight excluding hydrogens is 263 g/mol. The third-order valence-electron chi connectivity index (χ3n) is 2.69. The Morgan fingerprint density at radius 1 is 1.40 bits per heavy atom. The highest BCUT2D eigenvalue weighted by Gasteiger charge is 2.14. The maximum atomic E-state index is 13.0. The Morgan fingerprint density at radius 2 is 2.15 bits per heavy atom. The number of carboxylic acid groups (broad SMARTS) is 1. The molecule has 0 saturated carbocycles. The Bertz CT molecular complexity index is 465. The van der Waals surface area contributed by atoms with Gasteiger partial charge in [0, 0.05) is 13.1 Å². The van der Waals surface area contributed by atoms with Gasteiger partial charge >= 0.3 is 12.0 Å². The fourth-order valence-electron chi connectivity index (χ4n) is 1.80. The monoisotopic (exact) mass is 282 g/mol. The van der Waals surface area contributed by atoms with Crippen molar-refractivity contribution >= 4 is 12.0 Å². The highest BCUT2D eigenvalue weighted by atomic mass is 19.1. The van der Waals surface area contributed by atoms with Crippen LogP contribution in [0.3, 0.4) is 0 Å². The second kappa shape index (κ2) is 8.14. The van der Waals surface area contributed by atoms with Crippen molar-refractivity contribution in [2.45, 2.75) is 19.8 Å². The maximum absolute atomic E-state index is 13.0. The van der Waals surface area contributed by atoms with Crippen LogP contribution in [0.25, 0.3) is 0 Å². The predicted octanol–water partition coefficient (Wildman–Crippen LogP) is 1.87. The van der Waals surface area contributed by atoms with E-state index in [1.54, 1.807) is 12.1 Å². The van der Waals surface area contributed by atoms with E-state index in [0.717, 1.165) is 5.56 Å². The van der Waals surface area contributed by atoms with Crippen LogP contribution >= 0.6 is 0 Å².